The van der Waals surface area contributed by atoms with Crippen LogP contribution in [0.4, 0.5) is 0 Å². The van der Waals surface area contributed by atoms with E-state index < -0.39 is 35.8 Å². The van der Waals surface area contributed by atoms with Gasteiger partial charge in [0.25, 0.3) is 0 Å². The zero-order valence-corrected chi connectivity index (χ0v) is 17.9. The summed E-state index contributed by atoms with van der Waals surface area (Å²) in [5, 5.41) is 21.6. The van der Waals surface area contributed by atoms with Crippen molar-refractivity contribution in [2.75, 3.05) is 7.11 Å². The van der Waals surface area contributed by atoms with Gasteiger partial charge in [-0.1, -0.05) is 30.3 Å². The summed E-state index contributed by atoms with van der Waals surface area (Å²) < 4.78 is 22.5. The first kappa shape index (κ1) is 21.5. The fourth-order valence-corrected chi connectivity index (χ4v) is 4.19. The van der Waals surface area contributed by atoms with Crippen LogP contribution in [0.25, 0.3) is 22.1 Å². The molecule has 4 atom stereocenters. The minimum atomic E-state index is -1.32. The fourth-order valence-electron chi connectivity index (χ4n) is 4.19. The van der Waals surface area contributed by atoms with Crippen LogP contribution in [0.3, 0.4) is 0 Å². The number of aliphatic hydroxyl groups is 2. The first-order valence-corrected chi connectivity index (χ1v) is 10.1. The lowest BCUT2D eigenvalue weighted by atomic mass is 9.89. The summed E-state index contributed by atoms with van der Waals surface area (Å²) in [6.07, 6.45) is -4.34. The van der Waals surface area contributed by atoms with Gasteiger partial charge in [-0.05, 0) is 44.0 Å². The molecule has 7 heteroatoms. The maximum atomic E-state index is 12.7. The minimum Gasteiger partial charge on any atom is -0.462 e. The van der Waals surface area contributed by atoms with Crippen molar-refractivity contribution in [2.24, 2.45) is 0 Å². The standard InChI is InChI=1S/C24H26O7/c1-13-16-11-10-15(29-23-20(26)19(25)21(28-4)24(2,3)31-23)12-17(16)30-22(27)18(13)14-8-6-5-7-9-14/h5-12,19-21,23,25-26H,1-4H3/t19-,20?,21-,23-/m1/s1. The summed E-state index contributed by atoms with van der Waals surface area (Å²) in [6, 6.07) is 14.4. The van der Waals surface area contributed by atoms with Crippen LogP contribution in [-0.2, 0) is 9.47 Å². The summed E-state index contributed by atoms with van der Waals surface area (Å²) in [5.41, 5.74) is 1.14. The molecule has 0 amide bonds. The predicted molar refractivity (Wildman–Crippen MR) is 115 cm³/mol. The Bertz CT molecular complexity index is 1140. The van der Waals surface area contributed by atoms with E-state index in [-0.39, 0.29) is 0 Å². The van der Waals surface area contributed by atoms with Crippen LogP contribution in [0.1, 0.15) is 19.4 Å². The number of rotatable bonds is 4. The van der Waals surface area contributed by atoms with Crippen molar-refractivity contribution in [2.45, 2.75) is 51.0 Å². The fraction of sp³-hybridized carbons (Fsp3) is 0.375. The molecule has 0 aliphatic carbocycles. The topological polar surface area (TPSA) is 98.4 Å². The molecule has 1 fully saturated rings. The molecule has 1 unspecified atom stereocenters. The molecule has 1 saturated heterocycles. The SMILES string of the molecule is CO[C@@H]1[C@H](O)C(O)[C@H](Oc2ccc3c(C)c(-c4ccccc4)c(=O)oc3c2)OC1(C)C. The average molecular weight is 426 g/mol. The number of aliphatic hydroxyl groups excluding tert-OH is 2. The third-order valence-corrected chi connectivity index (χ3v) is 5.75. The van der Waals surface area contributed by atoms with Crippen LogP contribution in [0.2, 0.25) is 0 Å². The number of aryl methyl sites for hydroxylation is 1. The predicted octanol–water partition coefficient (Wildman–Crippen LogP) is 3.02. The third-order valence-electron chi connectivity index (χ3n) is 5.75. The van der Waals surface area contributed by atoms with E-state index in [0.717, 1.165) is 16.5 Å². The van der Waals surface area contributed by atoms with Gasteiger partial charge in [0.1, 0.15) is 29.6 Å². The van der Waals surface area contributed by atoms with Crippen molar-refractivity contribution in [3.63, 3.8) is 0 Å². The molecule has 0 radical (unpaired) electrons. The van der Waals surface area contributed by atoms with E-state index in [0.29, 0.717) is 16.9 Å². The second kappa shape index (κ2) is 8.09. The van der Waals surface area contributed by atoms with E-state index in [1.54, 1.807) is 32.0 Å². The van der Waals surface area contributed by atoms with E-state index in [1.165, 1.54) is 7.11 Å². The zero-order chi connectivity index (χ0) is 22.3. The van der Waals surface area contributed by atoms with E-state index in [9.17, 15) is 15.0 Å². The highest BCUT2D eigenvalue weighted by atomic mass is 16.7. The van der Waals surface area contributed by atoms with Gasteiger partial charge in [0.15, 0.2) is 0 Å². The highest BCUT2D eigenvalue weighted by Crippen LogP contribution is 2.34. The molecule has 2 N–H and O–H groups in total. The molecule has 0 bridgehead atoms. The molecule has 0 saturated carbocycles. The van der Waals surface area contributed by atoms with E-state index in [1.807, 2.05) is 37.3 Å². The first-order chi connectivity index (χ1) is 14.7. The number of methoxy groups -OCH3 is 1. The van der Waals surface area contributed by atoms with E-state index in [4.69, 9.17) is 18.6 Å². The molecule has 1 aliphatic heterocycles. The number of hydrogen-bond donors (Lipinski definition) is 2. The molecule has 31 heavy (non-hydrogen) atoms. The van der Waals surface area contributed by atoms with Crippen LogP contribution >= 0.6 is 0 Å². The van der Waals surface area contributed by atoms with Gasteiger partial charge in [-0.15, -0.1) is 0 Å². The van der Waals surface area contributed by atoms with Crippen LogP contribution in [0, 0.1) is 6.92 Å². The van der Waals surface area contributed by atoms with Gasteiger partial charge in [-0.2, -0.15) is 0 Å². The summed E-state index contributed by atoms with van der Waals surface area (Å²) in [7, 11) is 1.45. The van der Waals surface area contributed by atoms with Crippen molar-refractivity contribution in [3.8, 4) is 16.9 Å². The lowest BCUT2D eigenvalue weighted by Gasteiger charge is -2.46. The molecule has 3 aromatic rings. The molecular formula is C24H26O7. The Balaban J connectivity index is 1.67. The molecule has 1 aliphatic rings. The Hall–Kier alpha value is -2.71. The smallest absolute Gasteiger partial charge is 0.344 e. The summed E-state index contributed by atoms with van der Waals surface area (Å²) >= 11 is 0. The summed E-state index contributed by atoms with van der Waals surface area (Å²) in [6.45, 7) is 5.38. The maximum Gasteiger partial charge on any atom is 0.344 e. The molecule has 1 aromatic heterocycles. The maximum absolute atomic E-state index is 12.7. The second-order valence-electron chi connectivity index (χ2n) is 8.26. The molecule has 0 spiro atoms. The molecular weight excluding hydrogens is 400 g/mol. The van der Waals surface area contributed by atoms with Gasteiger partial charge in [0, 0.05) is 18.6 Å². The van der Waals surface area contributed by atoms with E-state index >= 15 is 0 Å². The molecule has 2 heterocycles. The van der Waals surface area contributed by atoms with Crippen molar-refractivity contribution in [1.82, 2.24) is 0 Å². The Morgan fingerprint density at radius 3 is 2.42 bits per heavy atom. The number of ether oxygens (including phenoxy) is 3. The van der Waals surface area contributed by atoms with Crippen LogP contribution in [0.5, 0.6) is 5.75 Å². The molecule has 2 aromatic carbocycles. The van der Waals surface area contributed by atoms with Crippen molar-refractivity contribution < 1.29 is 28.8 Å². The quantitative estimate of drug-likeness (QED) is 0.619. The Morgan fingerprint density at radius 1 is 1.03 bits per heavy atom. The van der Waals surface area contributed by atoms with Crippen molar-refractivity contribution in [1.29, 1.82) is 0 Å². The Kier molecular flexibility index (Phi) is 5.61. The van der Waals surface area contributed by atoms with Crippen LogP contribution in [-0.4, -0.2) is 47.5 Å². The molecule has 4 rings (SSSR count). The van der Waals surface area contributed by atoms with Crippen LogP contribution in [0.15, 0.2) is 57.7 Å². The highest BCUT2D eigenvalue weighted by Gasteiger charge is 2.50. The van der Waals surface area contributed by atoms with Gasteiger partial charge in [0.2, 0.25) is 6.29 Å². The molecule has 7 nitrogen and oxygen atoms in total. The summed E-state index contributed by atoms with van der Waals surface area (Å²) in [5.74, 6) is 0.338. The zero-order valence-electron chi connectivity index (χ0n) is 17.9. The largest absolute Gasteiger partial charge is 0.462 e. The summed E-state index contributed by atoms with van der Waals surface area (Å²) in [4.78, 5) is 12.7. The van der Waals surface area contributed by atoms with Gasteiger partial charge >= 0.3 is 5.63 Å². The van der Waals surface area contributed by atoms with Crippen molar-refractivity contribution in [3.05, 3.63) is 64.5 Å². The van der Waals surface area contributed by atoms with Gasteiger partial charge in [-0.25, -0.2) is 4.79 Å². The van der Waals surface area contributed by atoms with Crippen molar-refractivity contribution >= 4 is 11.0 Å². The highest BCUT2D eigenvalue weighted by molar-refractivity contribution is 5.87. The lowest BCUT2D eigenvalue weighted by Crippen LogP contribution is -2.63. The third kappa shape index (κ3) is 3.85. The van der Waals surface area contributed by atoms with Crippen LogP contribution < -0.4 is 10.4 Å². The minimum absolute atomic E-state index is 0.338. The Morgan fingerprint density at radius 2 is 1.74 bits per heavy atom. The van der Waals surface area contributed by atoms with Gasteiger partial charge in [0.05, 0.1) is 11.2 Å². The molecule has 164 valence electrons. The number of fused-ring (bicyclic) bond motifs is 1. The first-order valence-electron chi connectivity index (χ1n) is 10.1. The van der Waals surface area contributed by atoms with Gasteiger partial charge < -0.3 is 28.8 Å². The Labute approximate surface area is 179 Å². The van der Waals surface area contributed by atoms with E-state index in [2.05, 4.69) is 0 Å². The van der Waals surface area contributed by atoms with Gasteiger partial charge in [-0.3, -0.25) is 0 Å². The number of hydrogen-bond acceptors (Lipinski definition) is 7. The number of benzene rings is 2. The average Bonchev–Trinajstić information content (AvgIpc) is 2.72. The monoisotopic (exact) mass is 426 g/mol. The lowest BCUT2D eigenvalue weighted by molar-refractivity contribution is -0.305. The second-order valence-corrected chi connectivity index (χ2v) is 8.26. The normalized spacial score (nSPS) is 25.5.